The van der Waals surface area contributed by atoms with E-state index in [9.17, 15) is 5.11 Å². The molecule has 1 aliphatic rings. The van der Waals surface area contributed by atoms with Crippen molar-refractivity contribution in [3.63, 3.8) is 0 Å². The molecule has 1 N–H and O–H groups in total. The topological polar surface area (TPSA) is 20.2 Å². The van der Waals surface area contributed by atoms with Gasteiger partial charge in [-0.25, -0.2) is 0 Å². The molecule has 1 nitrogen and oxygen atoms in total. The largest absolute Gasteiger partial charge is 0.392 e. The molecule has 0 bridgehead atoms. The molecule has 0 aliphatic heterocycles. The van der Waals surface area contributed by atoms with E-state index in [0.29, 0.717) is 0 Å². The second-order valence-electron chi connectivity index (χ2n) is 4.46. The lowest BCUT2D eigenvalue weighted by Gasteiger charge is -2.09. The van der Waals surface area contributed by atoms with Crippen LogP contribution in [0.4, 0.5) is 0 Å². The van der Waals surface area contributed by atoms with E-state index in [1.165, 1.54) is 23.3 Å². The van der Waals surface area contributed by atoms with Crippen molar-refractivity contribution in [2.45, 2.75) is 37.2 Å². The lowest BCUT2D eigenvalue weighted by atomic mass is 10.2. The van der Waals surface area contributed by atoms with E-state index in [1.807, 2.05) is 0 Å². The number of thioether (sulfide) groups is 1. The van der Waals surface area contributed by atoms with E-state index >= 15 is 0 Å². The van der Waals surface area contributed by atoms with Gasteiger partial charge in [-0.2, -0.15) is 0 Å². The monoisotopic (exact) mass is 222 g/mol. The number of aliphatic hydroxyl groups excluding tert-OH is 1. The number of aliphatic hydroxyl groups is 1. The van der Waals surface area contributed by atoms with Crippen LogP contribution in [-0.2, 0) is 0 Å². The summed E-state index contributed by atoms with van der Waals surface area (Å²) in [5.74, 6) is 1.65. The third-order valence-electron chi connectivity index (χ3n) is 2.77. The van der Waals surface area contributed by atoms with E-state index in [2.05, 4.69) is 31.2 Å². The summed E-state index contributed by atoms with van der Waals surface area (Å²) >= 11 is 1.76. The highest BCUT2D eigenvalue weighted by atomic mass is 32.2. The molecule has 0 saturated heterocycles. The molecule has 1 aromatic rings. The van der Waals surface area contributed by atoms with Crippen LogP contribution in [0.3, 0.4) is 0 Å². The van der Waals surface area contributed by atoms with Crippen molar-refractivity contribution in [2.24, 2.45) is 5.92 Å². The number of aryl methyl sites for hydroxylation is 1. The predicted octanol–water partition coefficient (Wildman–Crippen LogP) is 3.25. The third kappa shape index (κ3) is 3.88. The van der Waals surface area contributed by atoms with Gasteiger partial charge in [0.25, 0.3) is 0 Å². The Kier molecular flexibility index (Phi) is 3.71. The summed E-state index contributed by atoms with van der Waals surface area (Å²) in [7, 11) is 0. The summed E-state index contributed by atoms with van der Waals surface area (Å²) in [5, 5.41) is 9.75. The molecule has 0 radical (unpaired) electrons. The van der Waals surface area contributed by atoms with Gasteiger partial charge in [0.2, 0.25) is 0 Å². The highest BCUT2D eigenvalue weighted by Gasteiger charge is 2.24. The van der Waals surface area contributed by atoms with Gasteiger partial charge in [0.1, 0.15) is 0 Å². The lowest BCUT2D eigenvalue weighted by molar-refractivity contribution is 0.182. The maximum atomic E-state index is 9.75. The van der Waals surface area contributed by atoms with Crippen LogP contribution in [-0.4, -0.2) is 17.0 Å². The Morgan fingerprint density at radius 2 is 2.00 bits per heavy atom. The van der Waals surface area contributed by atoms with Crippen molar-refractivity contribution in [1.29, 1.82) is 0 Å². The maximum Gasteiger partial charge on any atom is 0.0636 e. The van der Waals surface area contributed by atoms with Crippen molar-refractivity contribution in [3.8, 4) is 0 Å². The molecule has 1 fully saturated rings. The predicted molar refractivity (Wildman–Crippen MR) is 65.3 cm³/mol. The van der Waals surface area contributed by atoms with Crippen LogP contribution >= 0.6 is 11.8 Å². The van der Waals surface area contributed by atoms with Crippen molar-refractivity contribution < 1.29 is 5.11 Å². The van der Waals surface area contributed by atoms with E-state index < -0.39 is 0 Å². The molecule has 1 unspecified atom stereocenters. The average molecular weight is 222 g/mol. The summed E-state index contributed by atoms with van der Waals surface area (Å²) in [5.41, 5.74) is 1.29. The van der Waals surface area contributed by atoms with Gasteiger partial charge in [0.15, 0.2) is 0 Å². The molecule has 2 heteroatoms. The van der Waals surface area contributed by atoms with Gasteiger partial charge in [-0.05, 0) is 31.4 Å². The Morgan fingerprint density at radius 3 is 2.60 bits per heavy atom. The van der Waals surface area contributed by atoms with Crippen molar-refractivity contribution in [3.05, 3.63) is 29.8 Å². The van der Waals surface area contributed by atoms with Crippen molar-refractivity contribution in [1.82, 2.24) is 0 Å². The Hall–Kier alpha value is -0.470. The van der Waals surface area contributed by atoms with Crippen LogP contribution in [0, 0.1) is 12.8 Å². The zero-order chi connectivity index (χ0) is 10.7. The summed E-state index contributed by atoms with van der Waals surface area (Å²) in [6, 6.07) is 8.50. The fourth-order valence-corrected chi connectivity index (χ4v) is 2.48. The fraction of sp³-hybridized carbons (Fsp3) is 0.538. The first kappa shape index (κ1) is 11.0. The molecular formula is C13H18OS. The van der Waals surface area contributed by atoms with E-state index in [4.69, 9.17) is 0 Å². The van der Waals surface area contributed by atoms with Crippen molar-refractivity contribution in [2.75, 3.05) is 5.75 Å². The summed E-state index contributed by atoms with van der Waals surface area (Å²) < 4.78 is 0. The Labute approximate surface area is 95.9 Å². The van der Waals surface area contributed by atoms with E-state index in [0.717, 1.165) is 18.1 Å². The van der Waals surface area contributed by atoms with Gasteiger partial charge in [-0.15, -0.1) is 11.8 Å². The fourth-order valence-electron chi connectivity index (χ4n) is 1.63. The van der Waals surface area contributed by atoms with Crippen LogP contribution in [0.25, 0.3) is 0 Å². The van der Waals surface area contributed by atoms with Crippen molar-refractivity contribution >= 4 is 11.8 Å². The third-order valence-corrected chi connectivity index (χ3v) is 3.92. The molecule has 0 aromatic heterocycles. The zero-order valence-corrected chi connectivity index (χ0v) is 9.96. The standard InChI is InChI=1S/C13H18OS/c1-10-2-6-13(7-3-10)15-9-12(14)8-11-4-5-11/h2-3,6-7,11-12,14H,4-5,8-9H2,1H3. The van der Waals surface area contributed by atoms with Gasteiger partial charge >= 0.3 is 0 Å². The second-order valence-corrected chi connectivity index (χ2v) is 5.55. The summed E-state index contributed by atoms with van der Waals surface area (Å²) in [6.45, 7) is 2.09. The van der Waals surface area contributed by atoms with Crippen LogP contribution < -0.4 is 0 Å². The molecule has 82 valence electrons. The minimum atomic E-state index is -0.121. The van der Waals surface area contributed by atoms with Crippen LogP contribution in [0.5, 0.6) is 0 Å². The van der Waals surface area contributed by atoms with Crippen LogP contribution in [0.2, 0.25) is 0 Å². The molecule has 0 amide bonds. The first-order valence-corrected chi connectivity index (χ1v) is 6.60. The molecule has 1 saturated carbocycles. The SMILES string of the molecule is Cc1ccc(SCC(O)CC2CC2)cc1. The Bertz CT molecular complexity index is 303. The second kappa shape index (κ2) is 5.04. The normalized spacial score (nSPS) is 17.7. The molecule has 0 heterocycles. The highest BCUT2D eigenvalue weighted by molar-refractivity contribution is 7.99. The number of hydrogen-bond donors (Lipinski definition) is 1. The molecule has 1 aromatic carbocycles. The molecule has 1 aliphatic carbocycles. The number of hydrogen-bond acceptors (Lipinski definition) is 2. The molecule has 2 rings (SSSR count). The first-order valence-electron chi connectivity index (χ1n) is 5.61. The van der Waals surface area contributed by atoms with Gasteiger partial charge in [0.05, 0.1) is 6.10 Å². The molecule has 0 spiro atoms. The van der Waals surface area contributed by atoms with Gasteiger partial charge in [-0.1, -0.05) is 30.5 Å². The van der Waals surface area contributed by atoms with Gasteiger partial charge in [-0.3, -0.25) is 0 Å². The Balaban J connectivity index is 1.74. The Morgan fingerprint density at radius 1 is 1.33 bits per heavy atom. The number of rotatable bonds is 5. The molecule has 15 heavy (non-hydrogen) atoms. The van der Waals surface area contributed by atoms with Crippen LogP contribution in [0.15, 0.2) is 29.2 Å². The quantitative estimate of drug-likeness (QED) is 0.772. The van der Waals surface area contributed by atoms with E-state index in [1.54, 1.807) is 11.8 Å². The lowest BCUT2D eigenvalue weighted by Crippen LogP contribution is -2.10. The molecule has 1 atom stereocenters. The van der Waals surface area contributed by atoms with Gasteiger partial charge in [0, 0.05) is 10.6 Å². The highest BCUT2D eigenvalue weighted by Crippen LogP contribution is 2.34. The number of benzene rings is 1. The van der Waals surface area contributed by atoms with Crippen LogP contribution in [0.1, 0.15) is 24.8 Å². The van der Waals surface area contributed by atoms with E-state index in [-0.39, 0.29) is 6.10 Å². The zero-order valence-electron chi connectivity index (χ0n) is 9.15. The molecular weight excluding hydrogens is 204 g/mol. The summed E-state index contributed by atoms with van der Waals surface area (Å²) in [4.78, 5) is 1.26. The van der Waals surface area contributed by atoms with Gasteiger partial charge < -0.3 is 5.11 Å². The minimum Gasteiger partial charge on any atom is -0.392 e. The first-order chi connectivity index (χ1) is 7.24. The maximum absolute atomic E-state index is 9.75. The summed E-state index contributed by atoms with van der Waals surface area (Å²) in [6.07, 6.45) is 3.53. The average Bonchev–Trinajstić information content (AvgIpc) is 3.01. The minimum absolute atomic E-state index is 0.121. The smallest absolute Gasteiger partial charge is 0.0636 e.